The summed E-state index contributed by atoms with van der Waals surface area (Å²) in [5.74, 6) is 5.86. The quantitative estimate of drug-likeness (QED) is 0.546. The Bertz CT molecular complexity index is 230. The summed E-state index contributed by atoms with van der Waals surface area (Å²) in [6.07, 6.45) is 0.319. The highest BCUT2D eigenvalue weighted by atomic mass is 16.5. The second kappa shape index (κ2) is 6.84. The summed E-state index contributed by atoms with van der Waals surface area (Å²) < 4.78 is 5.69. The van der Waals surface area contributed by atoms with Gasteiger partial charge in [0.2, 0.25) is 0 Å². The molecule has 1 aliphatic rings. The number of hydrogen-bond donors (Lipinski definition) is 1. The van der Waals surface area contributed by atoms with Crippen LogP contribution >= 0.6 is 0 Å². The molecule has 1 fully saturated rings. The molecule has 86 valence electrons. The molecule has 1 aliphatic heterocycles. The average molecular weight is 210 g/mol. The lowest BCUT2D eigenvalue weighted by Gasteiger charge is -2.35. The van der Waals surface area contributed by atoms with Crippen LogP contribution in [0.25, 0.3) is 0 Å². The summed E-state index contributed by atoms with van der Waals surface area (Å²) in [7, 11) is 0. The average Bonchev–Trinajstić information content (AvgIpc) is 2.25. The molecule has 3 heteroatoms. The third kappa shape index (κ3) is 4.65. The van der Waals surface area contributed by atoms with Crippen molar-refractivity contribution in [1.29, 1.82) is 0 Å². The van der Waals surface area contributed by atoms with E-state index in [0.717, 1.165) is 32.8 Å². The molecule has 0 aromatic rings. The molecule has 1 unspecified atom stereocenters. The highest BCUT2D eigenvalue weighted by Crippen LogP contribution is 2.07. The zero-order valence-corrected chi connectivity index (χ0v) is 10.0. The van der Waals surface area contributed by atoms with Crippen LogP contribution in [0.2, 0.25) is 0 Å². The van der Waals surface area contributed by atoms with Gasteiger partial charge in [0, 0.05) is 25.7 Å². The van der Waals surface area contributed by atoms with E-state index < -0.39 is 0 Å². The zero-order valence-electron chi connectivity index (χ0n) is 10.0. The zero-order chi connectivity index (χ0) is 11.1. The maximum atomic E-state index is 5.69. The van der Waals surface area contributed by atoms with Crippen LogP contribution in [0.5, 0.6) is 0 Å². The maximum absolute atomic E-state index is 5.69. The van der Waals surface area contributed by atoms with E-state index in [0.29, 0.717) is 12.1 Å². The number of ether oxygens (including phenoxy) is 1. The van der Waals surface area contributed by atoms with Gasteiger partial charge in [-0.3, -0.25) is 4.90 Å². The summed E-state index contributed by atoms with van der Waals surface area (Å²) >= 11 is 0. The summed E-state index contributed by atoms with van der Waals surface area (Å²) in [5, 5.41) is 3.29. The lowest BCUT2D eigenvalue weighted by molar-refractivity contribution is -0.0367. The van der Waals surface area contributed by atoms with E-state index in [4.69, 9.17) is 4.74 Å². The van der Waals surface area contributed by atoms with Gasteiger partial charge in [0.15, 0.2) is 0 Å². The van der Waals surface area contributed by atoms with Crippen LogP contribution in [-0.4, -0.2) is 49.8 Å². The lowest BCUT2D eigenvalue weighted by atomic mass is 10.2. The van der Waals surface area contributed by atoms with Crippen LogP contribution in [0.4, 0.5) is 0 Å². The molecule has 0 spiro atoms. The Hall–Kier alpha value is -0.560. The van der Waals surface area contributed by atoms with Crippen molar-refractivity contribution in [2.45, 2.75) is 32.9 Å². The topological polar surface area (TPSA) is 24.5 Å². The summed E-state index contributed by atoms with van der Waals surface area (Å²) in [5.41, 5.74) is 0. The molecule has 0 saturated carbocycles. The first kappa shape index (κ1) is 12.5. The fourth-order valence-corrected chi connectivity index (χ4v) is 1.72. The van der Waals surface area contributed by atoms with Gasteiger partial charge in [0.05, 0.1) is 19.3 Å². The predicted octanol–water partition coefficient (Wildman–Crippen LogP) is 0.708. The number of nitrogens with zero attached hydrogens (tertiary/aromatic N) is 1. The summed E-state index contributed by atoms with van der Waals surface area (Å²) in [6, 6.07) is 0.617. The molecule has 0 amide bonds. The lowest BCUT2D eigenvalue weighted by Crippen LogP contribution is -2.49. The van der Waals surface area contributed by atoms with Crippen LogP contribution in [0, 0.1) is 11.8 Å². The molecule has 0 aromatic carbocycles. The first-order chi connectivity index (χ1) is 7.24. The van der Waals surface area contributed by atoms with E-state index in [-0.39, 0.29) is 0 Å². The van der Waals surface area contributed by atoms with Crippen molar-refractivity contribution in [2.75, 3.05) is 32.8 Å². The third-order valence-electron chi connectivity index (χ3n) is 2.66. The number of hydrogen-bond acceptors (Lipinski definition) is 3. The van der Waals surface area contributed by atoms with Crippen LogP contribution < -0.4 is 5.32 Å². The van der Waals surface area contributed by atoms with Crippen LogP contribution in [-0.2, 0) is 4.74 Å². The van der Waals surface area contributed by atoms with Crippen molar-refractivity contribution < 1.29 is 4.74 Å². The van der Waals surface area contributed by atoms with Gasteiger partial charge in [-0.05, 0) is 20.8 Å². The maximum Gasteiger partial charge on any atom is 0.0827 e. The normalized spacial score (nSPS) is 22.5. The van der Waals surface area contributed by atoms with Crippen molar-refractivity contribution in [1.82, 2.24) is 10.2 Å². The molecule has 1 rings (SSSR count). The Morgan fingerprint density at radius 1 is 1.53 bits per heavy atom. The Morgan fingerprint density at radius 2 is 2.33 bits per heavy atom. The van der Waals surface area contributed by atoms with E-state index >= 15 is 0 Å². The largest absolute Gasteiger partial charge is 0.374 e. The summed E-state index contributed by atoms with van der Waals surface area (Å²) in [6.45, 7) is 10.9. The Balaban J connectivity index is 2.20. The molecule has 1 N–H and O–H groups in total. The number of morpholine rings is 1. The molecule has 1 saturated heterocycles. The molecule has 1 heterocycles. The SMILES string of the molecule is CC#CCNCC1CN(C(C)C)CCO1. The summed E-state index contributed by atoms with van der Waals surface area (Å²) in [4.78, 5) is 2.46. The van der Waals surface area contributed by atoms with E-state index in [1.807, 2.05) is 6.92 Å². The number of rotatable bonds is 4. The fourth-order valence-electron chi connectivity index (χ4n) is 1.72. The van der Waals surface area contributed by atoms with E-state index in [1.54, 1.807) is 0 Å². The first-order valence-corrected chi connectivity index (χ1v) is 5.70. The monoisotopic (exact) mass is 210 g/mol. The van der Waals surface area contributed by atoms with Crippen molar-refractivity contribution in [3.63, 3.8) is 0 Å². The van der Waals surface area contributed by atoms with Gasteiger partial charge in [0.1, 0.15) is 0 Å². The van der Waals surface area contributed by atoms with Crippen molar-refractivity contribution in [3.8, 4) is 11.8 Å². The van der Waals surface area contributed by atoms with E-state index in [9.17, 15) is 0 Å². The number of nitrogens with one attached hydrogen (secondary N) is 1. The Morgan fingerprint density at radius 3 is 3.00 bits per heavy atom. The van der Waals surface area contributed by atoms with Gasteiger partial charge in [-0.15, -0.1) is 5.92 Å². The van der Waals surface area contributed by atoms with Crippen molar-refractivity contribution >= 4 is 0 Å². The van der Waals surface area contributed by atoms with Crippen LogP contribution in [0.1, 0.15) is 20.8 Å². The minimum Gasteiger partial charge on any atom is -0.374 e. The highest BCUT2D eigenvalue weighted by Gasteiger charge is 2.21. The standard InChI is InChI=1S/C12H22N2O/c1-4-5-6-13-9-12-10-14(11(2)3)7-8-15-12/h11-13H,6-10H2,1-3H3. The molecule has 15 heavy (non-hydrogen) atoms. The molecule has 0 bridgehead atoms. The van der Waals surface area contributed by atoms with Gasteiger partial charge in [-0.1, -0.05) is 5.92 Å². The van der Waals surface area contributed by atoms with Crippen LogP contribution in [0.15, 0.2) is 0 Å². The smallest absolute Gasteiger partial charge is 0.0827 e. The predicted molar refractivity (Wildman–Crippen MR) is 62.8 cm³/mol. The van der Waals surface area contributed by atoms with Crippen LogP contribution in [0.3, 0.4) is 0 Å². The van der Waals surface area contributed by atoms with Crippen molar-refractivity contribution in [2.24, 2.45) is 0 Å². The molecular formula is C12H22N2O. The molecule has 0 radical (unpaired) electrons. The van der Waals surface area contributed by atoms with Gasteiger partial charge in [-0.25, -0.2) is 0 Å². The second-order valence-electron chi connectivity index (χ2n) is 4.14. The van der Waals surface area contributed by atoms with Gasteiger partial charge < -0.3 is 10.1 Å². The molecule has 0 aromatic heterocycles. The van der Waals surface area contributed by atoms with Gasteiger partial charge in [0.25, 0.3) is 0 Å². The first-order valence-electron chi connectivity index (χ1n) is 5.70. The highest BCUT2D eigenvalue weighted by molar-refractivity contribution is 4.97. The van der Waals surface area contributed by atoms with Crippen molar-refractivity contribution in [3.05, 3.63) is 0 Å². The Labute approximate surface area is 93.2 Å². The Kier molecular flexibility index (Phi) is 5.70. The van der Waals surface area contributed by atoms with E-state index in [1.165, 1.54) is 0 Å². The minimum absolute atomic E-state index is 0.319. The fraction of sp³-hybridized carbons (Fsp3) is 0.833. The van der Waals surface area contributed by atoms with Gasteiger partial charge >= 0.3 is 0 Å². The van der Waals surface area contributed by atoms with Gasteiger partial charge in [-0.2, -0.15) is 0 Å². The molecular weight excluding hydrogens is 188 g/mol. The third-order valence-corrected chi connectivity index (χ3v) is 2.66. The minimum atomic E-state index is 0.319. The molecule has 0 aliphatic carbocycles. The molecule has 3 nitrogen and oxygen atoms in total. The van der Waals surface area contributed by atoms with E-state index in [2.05, 4.69) is 35.9 Å². The second-order valence-corrected chi connectivity index (χ2v) is 4.14. The molecule has 1 atom stereocenters.